The summed E-state index contributed by atoms with van der Waals surface area (Å²) in [5, 5.41) is 12.9. The Balaban J connectivity index is 2.00. The van der Waals surface area contributed by atoms with Crippen molar-refractivity contribution in [2.24, 2.45) is 0 Å². The van der Waals surface area contributed by atoms with Crippen LogP contribution in [0.5, 0.6) is 0 Å². The van der Waals surface area contributed by atoms with Crippen molar-refractivity contribution in [1.29, 1.82) is 5.26 Å². The van der Waals surface area contributed by atoms with E-state index < -0.39 is 0 Å². The Hall–Kier alpha value is -2.13. The van der Waals surface area contributed by atoms with Gasteiger partial charge in [0.1, 0.15) is 18.0 Å². The van der Waals surface area contributed by atoms with E-state index in [-0.39, 0.29) is 6.10 Å². The van der Waals surface area contributed by atoms with E-state index >= 15 is 0 Å². The Morgan fingerprint density at radius 3 is 3.00 bits per heavy atom. The summed E-state index contributed by atoms with van der Waals surface area (Å²) in [5.41, 5.74) is 0.577. The molecule has 0 saturated heterocycles. The molecule has 0 radical (unpaired) electrons. The van der Waals surface area contributed by atoms with E-state index in [2.05, 4.69) is 16.2 Å². The van der Waals surface area contributed by atoms with E-state index in [0.29, 0.717) is 18.7 Å². The number of imidazole rings is 1. The minimum absolute atomic E-state index is 0.0210. The zero-order valence-electron chi connectivity index (χ0n) is 11.2. The number of aryl methyl sites for hydroxylation is 2. The molecule has 0 aliphatic carbocycles. The van der Waals surface area contributed by atoms with Crippen LogP contribution in [-0.4, -0.2) is 25.9 Å². The summed E-state index contributed by atoms with van der Waals surface area (Å²) in [5.74, 6) is 0.912. The molecule has 0 fully saturated rings. The highest BCUT2D eigenvalue weighted by molar-refractivity contribution is 5.21. The summed E-state index contributed by atoms with van der Waals surface area (Å²) in [6.07, 6.45) is 6.99. The molecule has 0 aliphatic rings. The minimum atomic E-state index is -0.0210. The average Bonchev–Trinajstić information content (AvgIpc) is 3.05. The van der Waals surface area contributed by atoms with Crippen LogP contribution in [0.3, 0.4) is 0 Å². The third-order valence-corrected chi connectivity index (χ3v) is 2.86. The fraction of sp³-hybridized carbons (Fsp3) is 0.462. The number of hydrogen-bond acceptors (Lipinski definition) is 4. The molecule has 2 aromatic heterocycles. The topological polar surface area (TPSA) is 68.7 Å². The second-order valence-electron chi connectivity index (χ2n) is 4.18. The molecule has 0 amide bonds. The van der Waals surface area contributed by atoms with Gasteiger partial charge in [-0.1, -0.05) is 0 Å². The number of nitriles is 1. The largest absolute Gasteiger partial charge is 0.371 e. The van der Waals surface area contributed by atoms with Crippen molar-refractivity contribution >= 4 is 0 Å². The van der Waals surface area contributed by atoms with Crippen molar-refractivity contribution in [1.82, 2.24) is 19.3 Å². The van der Waals surface area contributed by atoms with E-state index in [0.717, 1.165) is 12.4 Å². The van der Waals surface area contributed by atoms with Gasteiger partial charge in [-0.15, -0.1) is 0 Å². The van der Waals surface area contributed by atoms with Gasteiger partial charge in [-0.2, -0.15) is 10.4 Å². The number of aromatic nitrogens is 4. The quantitative estimate of drug-likeness (QED) is 0.792. The summed E-state index contributed by atoms with van der Waals surface area (Å²) in [6.45, 7) is 6.07. The predicted molar refractivity (Wildman–Crippen MR) is 69.2 cm³/mol. The van der Waals surface area contributed by atoms with E-state index in [4.69, 9.17) is 10.00 Å². The van der Waals surface area contributed by atoms with Crippen LogP contribution >= 0.6 is 0 Å². The smallest absolute Gasteiger partial charge is 0.137 e. The van der Waals surface area contributed by atoms with Crippen LogP contribution in [0.15, 0.2) is 24.8 Å². The lowest BCUT2D eigenvalue weighted by atomic mass is 10.3. The summed E-state index contributed by atoms with van der Waals surface area (Å²) in [7, 11) is 0. The maximum Gasteiger partial charge on any atom is 0.137 e. The number of hydrogen-bond donors (Lipinski definition) is 0. The average molecular weight is 259 g/mol. The highest BCUT2D eigenvalue weighted by Crippen LogP contribution is 2.14. The lowest BCUT2D eigenvalue weighted by Gasteiger charge is -2.14. The number of rotatable bonds is 6. The van der Waals surface area contributed by atoms with E-state index in [9.17, 15) is 0 Å². The van der Waals surface area contributed by atoms with Gasteiger partial charge in [0.15, 0.2) is 0 Å². The molecule has 0 aromatic carbocycles. The molecule has 6 nitrogen and oxygen atoms in total. The van der Waals surface area contributed by atoms with Gasteiger partial charge in [-0.25, -0.2) is 4.98 Å². The Morgan fingerprint density at radius 1 is 1.47 bits per heavy atom. The summed E-state index contributed by atoms with van der Waals surface area (Å²) in [4.78, 5) is 4.32. The zero-order chi connectivity index (χ0) is 13.7. The van der Waals surface area contributed by atoms with Crippen LogP contribution in [0, 0.1) is 11.3 Å². The van der Waals surface area contributed by atoms with Gasteiger partial charge in [0.05, 0.1) is 18.3 Å². The van der Waals surface area contributed by atoms with Crippen LogP contribution < -0.4 is 0 Å². The molecule has 0 saturated carbocycles. The summed E-state index contributed by atoms with van der Waals surface area (Å²) < 4.78 is 9.36. The molecule has 2 heterocycles. The Kier molecular flexibility index (Phi) is 4.31. The standard InChI is InChI=1S/C13H17N5O/c1-3-19-11(2)13-15-4-5-17(13)6-7-18-10-12(8-14)9-16-18/h4-5,9-11H,3,6-7H2,1-2H3/t11-/m1/s1. The van der Waals surface area contributed by atoms with Crippen molar-refractivity contribution < 1.29 is 4.74 Å². The SMILES string of the molecule is CCO[C@H](C)c1nccn1CCn1cc(C#N)cn1. The molecule has 0 spiro atoms. The van der Waals surface area contributed by atoms with E-state index in [1.54, 1.807) is 23.3 Å². The molecule has 19 heavy (non-hydrogen) atoms. The first-order chi connectivity index (χ1) is 9.24. The fourth-order valence-corrected chi connectivity index (χ4v) is 1.95. The molecule has 1 atom stereocenters. The third kappa shape index (κ3) is 3.20. The van der Waals surface area contributed by atoms with Crippen molar-refractivity contribution in [2.45, 2.75) is 33.0 Å². The molecule has 0 unspecified atom stereocenters. The summed E-state index contributed by atoms with van der Waals surface area (Å²) >= 11 is 0. The maximum atomic E-state index is 8.74. The minimum Gasteiger partial charge on any atom is -0.371 e. The van der Waals surface area contributed by atoms with Crippen molar-refractivity contribution in [3.63, 3.8) is 0 Å². The van der Waals surface area contributed by atoms with Crippen molar-refractivity contribution in [3.8, 4) is 6.07 Å². The van der Waals surface area contributed by atoms with Gasteiger partial charge in [-0.05, 0) is 13.8 Å². The summed E-state index contributed by atoms with van der Waals surface area (Å²) in [6, 6.07) is 2.06. The van der Waals surface area contributed by atoms with Crippen molar-refractivity contribution in [3.05, 3.63) is 36.2 Å². The molecule has 2 aromatic rings. The van der Waals surface area contributed by atoms with Crippen LogP contribution in [0.4, 0.5) is 0 Å². The van der Waals surface area contributed by atoms with Gasteiger partial charge in [-0.3, -0.25) is 4.68 Å². The zero-order valence-corrected chi connectivity index (χ0v) is 11.2. The molecule has 100 valence electrons. The monoisotopic (exact) mass is 259 g/mol. The molecule has 0 aliphatic heterocycles. The van der Waals surface area contributed by atoms with Gasteiger partial charge in [0.25, 0.3) is 0 Å². The highest BCUT2D eigenvalue weighted by atomic mass is 16.5. The van der Waals surface area contributed by atoms with Gasteiger partial charge in [0.2, 0.25) is 0 Å². The predicted octanol–water partition coefficient (Wildman–Crippen LogP) is 1.75. The maximum absolute atomic E-state index is 8.74. The second-order valence-corrected chi connectivity index (χ2v) is 4.18. The van der Waals surface area contributed by atoms with Crippen molar-refractivity contribution in [2.75, 3.05) is 6.61 Å². The lowest BCUT2D eigenvalue weighted by molar-refractivity contribution is 0.0672. The van der Waals surface area contributed by atoms with Gasteiger partial charge < -0.3 is 9.30 Å². The van der Waals surface area contributed by atoms with E-state index in [1.807, 2.05) is 24.6 Å². The Labute approximate surface area is 112 Å². The molecule has 0 bridgehead atoms. The van der Waals surface area contributed by atoms with E-state index in [1.165, 1.54) is 0 Å². The number of nitrogens with zero attached hydrogens (tertiary/aromatic N) is 5. The molecule has 0 N–H and O–H groups in total. The fourth-order valence-electron chi connectivity index (χ4n) is 1.95. The second kappa shape index (κ2) is 6.16. The highest BCUT2D eigenvalue weighted by Gasteiger charge is 2.11. The van der Waals surface area contributed by atoms with Crippen LogP contribution in [0.25, 0.3) is 0 Å². The third-order valence-electron chi connectivity index (χ3n) is 2.86. The molecular weight excluding hydrogens is 242 g/mol. The van der Waals surface area contributed by atoms with Crippen LogP contribution in [-0.2, 0) is 17.8 Å². The molecular formula is C13H17N5O. The molecule has 2 rings (SSSR count). The Morgan fingerprint density at radius 2 is 2.32 bits per heavy atom. The lowest BCUT2D eigenvalue weighted by Crippen LogP contribution is -2.13. The molecule has 6 heteroatoms. The Bertz CT molecular complexity index is 566. The number of ether oxygens (including phenoxy) is 1. The van der Waals surface area contributed by atoms with Crippen LogP contribution in [0.2, 0.25) is 0 Å². The first kappa shape index (κ1) is 13.3. The van der Waals surface area contributed by atoms with Gasteiger partial charge >= 0.3 is 0 Å². The van der Waals surface area contributed by atoms with Gasteiger partial charge in [0, 0.05) is 31.7 Å². The first-order valence-electron chi connectivity index (χ1n) is 6.29. The normalized spacial score (nSPS) is 12.3. The first-order valence-corrected chi connectivity index (χ1v) is 6.29. The van der Waals surface area contributed by atoms with Crippen LogP contribution in [0.1, 0.15) is 31.3 Å².